The zero-order chi connectivity index (χ0) is 22.4. The van der Waals surface area contributed by atoms with Gasteiger partial charge in [0, 0.05) is 11.9 Å². The van der Waals surface area contributed by atoms with Crippen molar-refractivity contribution in [1.82, 2.24) is 9.55 Å². The van der Waals surface area contributed by atoms with Gasteiger partial charge in [0.2, 0.25) is 11.8 Å². The van der Waals surface area contributed by atoms with E-state index in [1.807, 2.05) is 6.92 Å². The van der Waals surface area contributed by atoms with Gasteiger partial charge in [-0.15, -0.1) is 0 Å². The third kappa shape index (κ3) is 5.95. The Morgan fingerprint density at radius 2 is 1.77 bits per heavy atom. The van der Waals surface area contributed by atoms with Crippen molar-refractivity contribution in [3.8, 4) is 0 Å². The molecule has 9 heteroatoms. The predicted molar refractivity (Wildman–Crippen MR) is 106 cm³/mol. The van der Waals surface area contributed by atoms with Crippen LogP contribution >= 0.6 is 0 Å². The second-order valence-corrected chi connectivity index (χ2v) is 6.76. The highest BCUT2D eigenvalue weighted by Gasteiger charge is 2.14. The summed E-state index contributed by atoms with van der Waals surface area (Å²) in [6.07, 6.45) is 3.51. The van der Waals surface area contributed by atoms with Crippen LogP contribution in [-0.2, 0) is 11.3 Å². The number of hydrogen-bond donors (Lipinski definition) is 1. The first kappa shape index (κ1) is 23.2. The van der Waals surface area contributed by atoms with Crippen molar-refractivity contribution < 1.29 is 22.3 Å². The molecule has 2 aromatic rings. The Kier molecular flexibility index (Phi) is 7.79. The van der Waals surface area contributed by atoms with Crippen LogP contribution in [0.25, 0.3) is 0 Å². The number of allylic oxidation sites excluding steroid dienone is 4. The molecular weight excluding hydrogens is 402 g/mol. The van der Waals surface area contributed by atoms with Gasteiger partial charge in [0.15, 0.2) is 17.5 Å². The van der Waals surface area contributed by atoms with Gasteiger partial charge in [-0.2, -0.15) is 9.37 Å². The molecule has 0 spiro atoms. The monoisotopic (exact) mass is 425 g/mol. The molecule has 0 bridgehead atoms. The van der Waals surface area contributed by atoms with Crippen molar-refractivity contribution in [2.24, 2.45) is 0 Å². The summed E-state index contributed by atoms with van der Waals surface area (Å²) in [7, 11) is 0. The Labute approximate surface area is 171 Å². The molecule has 0 fully saturated rings. The molecule has 0 atom stereocenters. The average Bonchev–Trinajstić information content (AvgIpc) is 2.68. The molecule has 0 unspecified atom stereocenters. The van der Waals surface area contributed by atoms with E-state index < -0.39 is 28.8 Å². The van der Waals surface area contributed by atoms with E-state index in [1.165, 1.54) is 4.57 Å². The molecule has 30 heavy (non-hydrogen) atoms. The molecule has 1 aromatic heterocycles. The molecule has 0 saturated heterocycles. The van der Waals surface area contributed by atoms with Crippen LogP contribution in [0, 0.1) is 23.3 Å². The smallest absolute Gasteiger partial charge is 0.310 e. The van der Waals surface area contributed by atoms with Gasteiger partial charge >= 0.3 is 5.56 Å². The van der Waals surface area contributed by atoms with Crippen LogP contribution in [0.1, 0.15) is 39.7 Å². The van der Waals surface area contributed by atoms with E-state index in [1.54, 1.807) is 26.8 Å². The predicted octanol–water partition coefficient (Wildman–Crippen LogP) is 4.88. The molecular formula is C21H23F4N3O2. The molecule has 0 radical (unpaired) electrons. The van der Waals surface area contributed by atoms with E-state index in [-0.39, 0.29) is 18.1 Å². The van der Waals surface area contributed by atoms with Crippen LogP contribution in [-0.4, -0.2) is 16.2 Å². The van der Waals surface area contributed by atoms with Gasteiger partial charge in [-0.3, -0.25) is 4.79 Å². The van der Waals surface area contributed by atoms with E-state index in [4.69, 9.17) is 4.74 Å². The first-order chi connectivity index (χ1) is 14.1. The SMILES string of the molecule is CCCO/C(C)=C/C(C)=C(\C)Nc1nc(=O)c(F)cn1Cc1cc(F)c(F)c(F)c1. The van der Waals surface area contributed by atoms with Crippen LogP contribution in [0.2, 0.25) is 0 Å². The van der Waals surface area contributed by atoms with Gasteiger partial charge in [0.25, 0.3) is 0 Å². The van der Waals surface area contributed by atoms with E-state index in [2.05, 4.69) is 10.3 Å². The first-order valence-electron chi connectivity index (χ1n) is 9.28. The molecule has 0 aliphatic rings. The fourth-order valence-corrected chi connectivity index (χ4v) is 2.57. The molecule has 1 aromatic carbocycles. The number of rotatable bonds is 8. The third-order valence-electron chi connectivity index (χ3n) is 4.19. The van der Waals surface area contributed by atoms with E-state index in [0.29, 0.717) is 18.1 Å². The summed E-state index contributed by atoms with van der Waals surface area (Å²) in [5.41, 5.74) is 0.306. The Bertz CT molecular complexity index is 1020. The summed E-state index contributed by atoms with van der Waals surface area (Å²) < 4.78 is 60.7. The fraction of sp³-hybridized carbons (Fsp3) is 0.333. The zero-order valence-electron chi connectivity index (χ0n) is 17.2. The number of anilines is 1. The summed E-state index contributed by atoms with van der Waals surface area (Å²) in [4.78, 5) is 15.3. The molecule has 2 rings (SSSR count). The van der Waals surface area contributed by atoms with Crippen molar-refractivity contribution in [3.05, 3.63) is 80.6 Å². The molecule has 162 valence electrons. The van der Waals surface area contributed by atoms with Crippen LogP contribution in [0.3, 0.4) is 0 Å². The van der Waals surface area contributed by atoms with Crippen molar-refractivity contribution in [2.45, 2.75) is 40.7 Å². The fourth-order valence-electron chi connectivity index (χ4n) is 2.57. The molecule has 0 aliphatic heterocycles. The van der Waals surface area contributed by atoms with E-state index in [0.717, 1.165) is 30.3 Å². The van der Waals surface area contributed by atoms with Gasteiger partial charge in [0.1, 0.15) is 0 Å². The summed E-state index contributed by atoms with van der Waals surface area (Å²) in [5.74, 6) is -4.81. The lowest BCUT2D eigenvalue weighted by Gasteiger charge is -2.16. The Hall–Kier alpha value is -3.10. The highest BCUT2D eigenvalue weighted by atomic mass is 19.2. The number of benzene rings is 1. The lowest BCUT2D eigenvalue weighted by atomic mass is 10.2. The van der Waals surface area contributed by atoms with E-state index in [9.17, 15) is 22.4 Å². The number of hydrogen-bond acceptors (Lipinski definition) is 4. The highest BCUT2D eigenvalue weighted by Crippen LogP contribution is 2.17. The minimum atomic E-state index is -1.59. The van der Waals surface area contributed by atoms with Crippen molar-refractivity contribution in [1.29, 1.82) is 0 Å². The van der Waals surface area contributed by atoms with E-state index >= 15 is 0 Å². The van der Waals surface area contributed by atoms with Crippen molar-refractivity contribution >= 4 is 5.95 Å². The lowest BCUT2D eigenvalue weighted by molar-refractivity contribution is 0.214. The highest BCUT2D eigenvalue weighted by molar-refractivity contribution is 5.40. The maximum absolute atomic E-state index is 13.8. The Morgan fingerprint density at radius 3 is 2.37 bits per heavy atom. The maximum atomic E-state index is 13.8. The van der Waals surface area contributed by atoms with Crippen molar-refractivity contribution in [2.75, 3.05) is 11.9 Å². The number of nitrogens with one attached hydrogen (secondary N) is 1. The molecule has 0 saturated carbocycles. The summed E-state index contributed by atoms with van der Waals surface area (Å²) in [6, 6.07) is 1.59. The van der Waals surface area contributed by atoms with Crippen molar-refractivity contribution in [3.63, 3.8) is 0 Å². The Balaban J connectivity index is 2.38. The summed E-state index contributed by atoms with van der Waals surface area (Å²) in [5, 5.41) is 2.90. The van der Waals surface area contributed by atoms with Crippen LogP contribution in [0.5, 0.6) is 0 Å². The second-order valence-electron chi connectivity index (χ2n) is 6.76. The maximum Gasteiger partial charge on any atom is 0.310 e. The topological polar surface area (TPSA) is 56.1 Å². The largest absolute Gasteiger partial charge is 0.498 e. The molecule has 5 nitrogen and oxygen atoms in total. The lowest BCUT2D eigenvalue weighted by Crippen LogP contribution is -2.21. The van der Waals surface area contributed by atoms with Gasteiger partial charge in [0.05, 0.1) is 18.9 Å². The molecule has 1 N–H and O–H groups in total. The first-order valence-corrected chi connectivity index (χ1v) is 9.28. The minimum absolute atomic E-state index is 0.0290. The van der Waals surface area contributed by atoms with Gasteiger partial charge in [-0.25, -0.2) is 13.2 Å². The molecule has 0 aliphatic carbocycles. The standard InChI is InChI=1S/C21H23F4N3O2/c1-5-6-30-13(3)7-12(2)14(4)26-21-27-20(29)18(24)11-28(21)10-15-8-16(22)19(25)17(23)9-15/h7-9,11H,5-6,10H2,1-4H3,(H,26,27,29)/b13-7+,14-12+. The second kappa shape index (κ2) is 10.1. The molecule has 0 amide bonds. The summed E-state index contributed by atoms with van der Waals surface area (Å²) >= 11 is 0. The number of nitrogens with zero attached hydrogens (tertiary/aromatic N) is 2. The van der Waals surface area contributed by atoms with Crippen LogP contribution < -0.4 is 10.9 Å². The number of ether oxygens (including phenoxy) is 1. The number of halogens is 4. The van der Waals surface area contributed by atoms with Gasteiger partial charge in [-0.05, 0) is 56.5 Å². The van der Waals surface area contributed by atoms with Crippen LogP contribution in [0.15, 0.2) is 46.2 Å². The third-order valence-corrected chi connectivity index (χ3v) is 4.19. The zero-order valence-corrected chi connectivity index (χ0v) is 17.2. The Morgan fingerprint density at radius 1 is 1.13 bits per heavy atom. The molecule has 1 heterocycles. The minimum Gasteiger partial charge on any atom is -0.498 e. The average molecular weight is 425 g/mol. The number of aromatic nitrogens is 2. The van der Waals surface area contributed by atoms with Crippen LogP contribution in [0.4, 0.5) is 23.5 Å². The quantitative estimate of drug-likeness (QED) is 0.283. The van der Waals surface area contributed by atoms with Gasteiger partial charge < -0.3 is 14.6 Å². The van der Waals surface area contributed by atoms with Gasteiger partial charge in [-0.1, -0.05) is 6.92 Å². The summed E-state index contributed by atoms with van der Waals surface area (Å²) in [6.45, 7) is 7.64. The normalized spacial score (nSPS) is 12.6.